The van der Waals surface area contributed by atoms with E-state index in [2.05, 4.69) is 11.4 Å². The fraction of sp³-hybridized carbons (Fsp3) is 0.286. The van der Waals surface area contributed by atoms with Gasteiger partial charge in [0.05, 0.1) is 11.6 Å². The summed E-state index contributed by atoms with van der Waals surface area (Å²) in [5.41, 5.74) is 8.13. The molecule has 1 heterocycles. The molecule has 1 aliphatic heterocycles. The number of primary amides is 1. The molecule has 4 heteroatoms. The molecule has 1 fully saturated rings. The number of rotatable bonds is 2. The first-order valence-corrected chi connectivity index (χ1v) is 5.96. The molecular formula is C14H15N3O. The van der Waals surface area contributed by atoms with Gasteiger partial charge in [-0.15, -0.1) is 0 Å². The maximum atomic E-state index is 11.4. The second kappa shape index (κ2) is 5.48. The molecule has 0 radical (unpaired) electrons. The van der Waals surface area contributed by atoms with Gasteiger partial charge < -0.3 is 11.1 Å². The van der Waals surface area contributed by atoms with Gasteiger partial charge in [0.15, 0.2) is 0 Å². The van der Waals surface area contributed by atoms with Gasteiger partial charge in [-0.3, -0.25) is 4.79 Å². The predicted octanol–water partition coefficient (Wildman–Crippen LogP) is 1.45. The quantitative estimate of drug-likeness (QED) is 0.769. The SMILES string of the molecule is N#CC(=C1CCNCC1)c1ccccc1C(N)=O. The molecule has 0 spiro atoms. The topological polar surface area (TPSA) is 78.9 Å². The Kier molecular flexibility index (Phi) is 3.75. The van der Waals surface area contributed by atoms with E-state index < -0.39 is 5.91 Å². The van der Waals surface area contributed by atoms with Crippen molar-refractivity contribution in [2.45, 2.75) is 12.8 Å². The van der Waals surface area contributed by atoms with Crippen LogP contribution in [0, 0.1) is 11.3 Å². The third kappa shape index (κ3) is 2.41. The summed E-state index contributed by atoms with van der Waals surface area (Å²) in [5, 5.41) is 12.6. The number of piperidine rings is 1. The van der Waals surface area contributed by atoms with Gasteiger partial charge >= 0.3 is 0 Å². The normalized spacial score (nSPS) is 14.9. The van der Waals surface area contributed by atoms with Crippen molar-refractivity contribution >= 4 is 11.5 Å². The van der Waals surface area contributed by atoms with Gasteiger partial charge in [0.1, 0.15) is 0 Å². The maximum absolute atomic E-state index is 11.4. The van der Waals surface area contributed by atoms with Crippen molar-refractivity contribution in [1.82, 2.24) is 5.32 Å². The van der Waals surface area contributed by atoms with Gasteiger partial charge in [-0.25, -0.2) is 0 Å². The molecule has 0 aliphatic carbocycles. The van der Waals surface area contributed by atoms with Crippen LogP contribution in [0.25, 0.3) is 5.57 Å². The molecule has 1 saturated heterocycles. The van der Waals surface area contributed by atoms with Crippen LogP contribution in [0.4, 0.5) is 0 Å². The Morgan fingerprint density at radius 1 is 1.22 bits per heavy atom. The highest BCUT2D eigenvalue weighted by Crippen LogP contribution is 2.26. The molecule has 92 valence electrons. The van der Waals surface area contributed by atoms with Crippen LogP contribution >= 0.6 is 0 Å². The Hall–Kier alpha value is -2.12. The number of nitrogens with zero attached hydrogens (tertiary/aromatic N) is 1. The van der Waals surface area contributed by atoms with Crippen LogP contribution in [0.5, 0.6) is 0 Å². The molecule has 18 heavy (non-hydrogen) atoms. The third-order valence-corrected chi connectivity index (χ3v) is 3.13. The Morgan fingerprint density at radius 3 is 2.39 bits per heavy atom. The van der Waals surface area contributed by atoms with E-state index in [1.807, 2.05) is 6.07 Å². The van der Waals surface area contributed by atoms with E-state index in [0.29, 0.717) is 16.7 Å². The van der Waals surface area contributed by atoms with Gasteiger partial charge in [-0.1, -0.05) is 18.2 Å². The number of amides is 1. The summed E-state index contributed by atoms with van der Waals surface area (Å²) in [6.45, 7) is 1.75. The van der Waals surface area contributed by atoms with Crippen LogP contribution in [0.2, 0.25) is 0 Å². The zero-order chi connectivity index (χ0) is 13.0. The number of hydrogen-bond acceptors (Lipinski definition) is 3. The second-order valence-electron chi connectivity index (χ2n) is 4.25. The van der Waals surface area contributed by atoms with E-state index in [0.717, 1.165) is 31.5 Å². The summed E-state index contributed by atoms with van der Waals surface area (Å²) < 4.78 is 0. The number of allylic oxidation sites excluding steroid dienone is 1. The van der Waals surface area contributed by atoms with Crippen LogP contribution in [0.3, 0.4) is 0 Å². The van der Waals surface area contributed by atoms with Crippen LogP contribution in [-0.2, 0) is 0 Å². The van der Waals surface area contributed by atoms with Crippen molar-refractivity contribution in [3.63, 3.8) is 0 Å². The lowest BCUT2D eigenvalue weighted by molar-refractivity contribution is 0.1000. The summed E-state index contributed by atoms with van der Waals surface area (Å²) in [6, 6.07) is 9.25. The highest BCUT2D eigenvalue weighted by molar-refractivity contribution is 6.00. The first-order valence-electron chi connectivity index (χ1n) is 5.96. The average molecular weight is 241 g/mol. The van der Waals surface area contributed by atoms with Crippen LogP contribution < -0.4 is 11.1 Å². The lowest BCUT2D eigenvalue weighted by Gasteiger charge is -2.18. The highest BCUT2D eigenvalue weighted by atomic mass is 16.1. The van der Waals surface area contributed by atoms with Crippen molar-refractivity contribution in [3.05, 3.63) is 41.0 Å². The lowest BCUT2D eigenvalue weighted by atomic mass is 9.91. The molecule has 1 aromatic carbocycles. The van der Waals surface area contributed by atoms with E-state index in [9.17, 15) is 10.1 Å². The molecule has 0 bridgehead atoms. The molecule has 0 unspecified atom stereocenters. The van der Waals surface area contributed by atoms with Crippen LogP contribution in [-0.4, -0.2) is 19.0 Å². The summed E-state index contributed by atoms with van der Waals surface area (Å²) in [7, 11) is 0. The maximum Gasteiger partial charge on any atom is 0.249 e. The summed E-state index contributed by atoms with van der Waals surface area (Å²) >= 11 is 0. The molecule has 0 atom stereocenters. The Labute approximate surface area is 106 Å². The summed E-state index contributed by atoms with van der Waals surface area (Å²) in [6.07, 6.45) is 1.69. The van der Waals surface area contributed by atoms with Crippen molar-refractivity contribution in [2.24, 2.45) is 5.73 Å². The summed E-state index contributed by atoms with van der Waals surface area (Å²) in [5.74, 6) is -0.493. The minimum absolute atomic E-state index is 0.417. The number of nitriles is 1. The molecule has 2 rings (SSSR count). The first kappa shape index (κ1) is 12.3. The van der Waals surface area contributed by atoms with Gasteiger partial charge in [-0.05, 0) is 37.6 Å². The number of carbonyl (C=O) groups excluding carboxylic acids is 1. The smallest absolute Gasteiger partial charge is 0.249 e. The molecule has 4 nitrogen and oxygen atoms in total. The van der Waals surface area contributed by atoms with Crippen molar-refractivity contribution < 1.29 is 4.79 Å². The Bertz CT molecular complexity index is 532. The number of carbonyl (C=O) groups is 1. The van der Waals surface area contributed by atoms with E-state index in [1.165, 1.54) is 0 Å². The number of benzene rings is 1. The molecular weight excluding hydrogens is 226 g/mol. The van der Waals surface area contributed by atoms with E-state index >= 15 is 0 Å². The minimum atomic E-state index is -0.493. The average Bonchev–Trinajstić information content (AvgIpc) is 2.41. The zero-order valence-corrected chi connectivity index (χ0v) is 10.1. The second-order valence-corrected chi connectivity index (χ2v) is 4.25. The van der Waals surface area contributed by atoms with E-state index in [4.69, 9.17) is 5.73 Å². The fourth-order valence-corrected chi connectivity index (χ4v) is 2.22. The van der Waals surface area contributed by atoms with Crippen LogP contribution in [0.15, 0.2) is 29.8 Å². The monoisotopic (exact) mass is 241 g/mol. The van der Waals surface area contributed by atoms with Gasteiger partial charge in [0, 0.05) is 11.1 Å². The molecule has 1 aliphatic rings. The van der Waals surface area contributed by atoms with Crippen molar-refractivity contribution in [3.8, 4) is 6.07 Å². The van der Waals surface area contributed by atoms with Crippen LogP contribution in [0.1, 0.15) is 28.8 Å². The number of nitrogens with one attached hydrogen (secondary N) is 1. The van der Waals surface area contributed by atoms with E-state index in [1.54, 1.807) is 18.2 Å². The molecule has 1 amide bonds. The molecule has 3 N–H and O–H groups in total. The Morgan fingerprint density at radius 2 is 1.83 bits per heavy atom. The fourth-order valence-electron chi connectivity index (χ4n) is 2.22. The predicted molar refractivity (Wildman–Crippen MR) is 69.6 cm³/mol. The third-order valence-electron chi connectivity index (χ3n) is 3.13. The van der Waals surface area contributed by atoms with Crippen molar-refractivity contribution in [2.75, 3.05) is 13.1 Å². The van der Waals surface area contributed by atoms with Gasteiger partial charge in [0.25, 0.3) is 0 Å². The first-order chi connectivity index (χ1) is 8.74. The summed E-state index contributed by atoms with van der Waals surface area (Å²) in [4.78, 5) is 11.4. The molecule has 0 saturated carbocycles. The molecule has 1 aromatic rings. The largest absolute Gasteiger partial charge is 0.366 e. The van der Waals surface area contributed by atoms with Gasteiger partial charge in [-0.2, -0.15) is 5.26 Å². The number of hydrogen-bond donors (Lipinski definition) is 2. The number of nitrogens with two attached hydrogens (primary N) is 1. The van der Waals surface area contributed by atoms with Gasteiger partial charge in [0.2, 0.25) is 5.91 Å². The molecule has 0 aromatic heterocycles. The zero-order valence-electron chi connectivity index (χ0n) is 10.1. The lowest BCUT2D eigenvalue weighted by Crippen LogP contribution is -2.24. The highest BCUT2D eigenvalue weighted by Gasteiger charge is 2.16. The standard InChI is InChI=1S/C14H15N3O/c15-9-13(10-5-7-17-8-6-10)11-3-1-2-4-12(11)14(16)18/h1-4,17H,5-8H2,(H2,16,18). The van der Waals surface area contributed by atoms with Crippen molar-refractivity contribution in [1.29, 1.82) is 5.26 Å². The minimum Gasteiger partial charge on any atom is -0.366 e. The Balaban J connectivity index is 2.52. The van der Waals surface area contributed by atoms with E-state index in [-0.39, 0.29) is 0 Å².